The van der Waals surface area contributed by atoms with Crippen molar-refractivity contribution in [1.29, 1.82) is 0 Å². The topological polar surface area (TPSA) is 254 Å². The summed E-state index contributed by atoms with van der Waals surface area (Å²) in [4.78, 5) is 78.5. The molecule has 0 aliphatic heterocycles. The Bertz CT molecular complexity index is 952. The molecule has 0 radical (unpaired) electrons. The first kappa shape index (κ1) is 31.0. The summed E-state index contributed by atoms with van der Waals surface area (Å²) in [5, 5.41) is 34.2. The number of imidazole rings is 1. The third-order valence-electron chi connectivity index (χ3n) is 5.67. The Balaban J connectivity index is 3.00. The third-order valence-corrected chi connectivity index (χ3v) is 5.67. The summed E-state index contributed by atoms with van der Waals surface area (Å²) in [6.45, 7) is 3.46. The largest absolute Gasteiger partial charge is 0.481 e. The Morgan fingerprint density at radius 2 is 1.49 bits per heavy atom. The Morgan fingerprint density at radius 3 is 1.97 bits per heavy atom. The lowest BCUT2D eigenvalue weighted by Gasteiger charge is -2.27. The molecule has 15 nitrogen and oxygen atoms in total. The molecule has 1 aromatic heterocycles. The average Bonchev–Trinajstić information content (AvgIpc) is 3.34. The van der Waals surface area contributed by atoms with Crippen LogP contribution >= 0.6 is 0 Å². The smallest absolute Gasteiger partial charge is 0.326 e. The van der Waals surface area contributed by atoms with E-state index in [-0.39, 0.29) is 12.8 Å². The van der Waals surface area contributed by atoms with Gasteiger partial charge in [-0.1, -0.05) is 20.3 Å². The van der Waals surface area contributed by atoms with Crippen molar-refractivity contribution in [1.82, 2.24) is 25.9 Å². The molecule has 5 atom stereocenters. The minimum Gasteiger partial charge on any atom is -0.481 e. The van der Waals surface area contributed by atoms with Gasteiger partial charge in [0.25, 0.3) is 0 Å². The van der Waals surface area contributed by atoms with Crippen LogP contribution in [-0.2, 0) is 35.2 Å². The van der Waals surface area contributed by atoms with Crippen molar-refractivity contribution in [2.24, 2.45) is 11.7 Å². The predicted octanol–water partition coefficient (Wildman–Crippen LogP) is -1.41. The zero-order valence-corrected chi connectivity index (χ0v) is 20.6. The number of aromatic amines is 1. The lowest BCUT2D eigenvalue weighted by molar-refractivity contribution is -0.144. The highest BCUT2D eigenvalue weighted by molar-refractivity contribution is 5.94. The molecule has 0 aliphatic carbocycles. The van der Waals surface area contributed by atoms with Gasteiger partial charge in [-0.05, 0) is 18.8 Å². The van der Waals surface area contributed by atoms with E-state index in [0.717, 1.165) is 0 Å². The summed E-state index contributed by atoms with van der Waals surface area (Å²) in [6, 6.07) is -5.18. The first-order valence-corrected chi connectivity index (χ1v) is 11.7. The van der Waals surface area contributed by atoms with Crippen LogP contribution in [0.15, 0.2) is 12.5 Å². The van der Waals surface area contributed by atoms with E-state index in [4.69, 9.17) is 15.9 Å². The molecule has 0 fully saturated rings. The third kappa shape index (κ3) is 11.1. The second-order valence-corrected chi connectivity index (χ2v) is 8.58. The van der Waals surface area contributed by atoms with Gasteiger partial charge in [0.1, 0.15) is 18.1 Å². The number of hydrogen-bond donors (Lipinski definition) is 8. The zero-order valence-electron chi connectivity index (χ0n) is 20.6. The lowest BCUT2D eigenvalue weighted by atomic mass is 9.96. The fourth-order valence-corrected chi connectivity index (χ4v) is 3.28. The van der Waals surface area contributed by atoms with Gasteiger partial charge in [-0.3, -0.25) is 24.0 Å². The molecule has 5 unspecified atom stereocenters. The predicted molar refractivity (Wildman–Crippen MR) is 127 cm³/mol. The fourth-order valence-electron chi connectivity index (χ4n) is 3.28. The Hall–Kier alpha value is -4.01. The first-order chi connectivity index (χ1) is 17.3. The van der Waals surface area contributed by atoms with Gasteiger partial charge in [0.2, 0.25) is 17.7 Å². The number of amides is 3. The van der Waals surface area contributed by atoms with Crippen molar-refractivity contribution in [2.45, 2.75) is 76.5 Å². The molecule has 15 heteroatoms. The Labute approximate surface area is 212 Å². The number of carbonyl (C=O) groups excluding carboxylic acids is 3. The number of rotatable bonds is 17. The van der Waals surface area contributed by atoms with Crippen LogP contribution in [0.25, 0.3) is 0 Å². The molecule has 9 N–H and O–H groups in total. The highest BCUT2D eigenvalue weighted by Crippen LogP contribution is 2.11. The average molecular weight is 527 g/mol. The van der Waals surface area contributed by atoms with Gasteiger partial charge in [-0.2, -0.15) is 0 Å². The number of aliphatic carboxylic acids is 3. The highest BCUT2D eigenvalue weighted by atomic mass is 16.4. The summed E-state index contributed by atoms with van der Waals surface area (Å²) in [5.74, 6) is -6.86. The summed E-state index contributed by atoms with van der Waals surface area (Å²) in [7, 11) is 0. The molecule has 1 rings (SSSR count). The number of hydrogen-bond acceptors (Lipinski definition) is 8. The molecule has 0 spiro atoms. The second kappa shape index (κ2) is 15.2. The monoisotopic (exact) mass is 526 g/mol. The van der Waals surface area contributed by atoms with E-state index in [1.807, 2.05) is 0 Å². The van der Waals surface area contributed by atoms with E-state index in [2.05, 4.69) is 25.9 Å². The van der Waals surface area contributed by atoms with E-state index >= 15 is 0 Å². The van der Waals surface area contributed by atoms with Crippen LogP contribution in [0.4, 0.5) is 0 Å². The number of H-pyrrole nitrogens is 1. The number of nitrogens with zero attached hydrogens (tertiary/aromatic N) is 1. The Morgan fingerprint density at radius 1 is 0.919 bits per heavy atom. The van der Waals surface area contributed by atoms with Gasteiger partial charge in [-0.15, -0.1) is 0 Å². The van der Waals surface area contributed by atoms with Crippen LogP contribution in [-0.4, -0.2) is 85.1 Å². The van der Waals surface area contributed by atoms with E-state index in [1.54, 1.807) is 13.8 Å². The maximum Gasteiger partial charge on any atom is 0.326 e. The van der Waals surface area contributed by atoms with E-state index in [9.17, 15) is 33.9 Å². The molecule has 0 bridgehead atoms. The molecule has 206 valence electrons. The Kier molecular flexibility index (Phi) is 12.7. The number of carbonyl (C=O) groups is 6. The maximum absolute atomic E-state index is 13.1. The van der Waals surface area contributed by atoms with Gasteiger partial charge in [0.15, 0.2) is 0 Å². The summed E-state index contributed by atoms with van der Waals surface area (Å²) in [5.41, 5.74) is 6.55. The molecule has 1 aromatic rings. The molecule has 0 aromatic carbocycles. The molecular weight excluding hydrogens is 492 g/mol. The minimum absolute atomic E-state index is 0.122. The summed E-state index contributed by atoms with van der Waals surface area (Å²) < 4.78 is 0. The van der Waals surface area contributed by atoms with Crippen LogP contribution in [0, 0.1) is 5.92 Å². The quantitative estimate of drug-likeness (QED) is 0.117. The van der Waals surface area contributed by atoms with Crippen LogP contribution in [0.2, 0.25) is 0 Å². The molecule has 3 amide bonds. The van der Waals surface area contributed by atoms with Crippen molar-refractivity contribution in [2.75, 3.05) is 0 Å². The van der Waals surface area contributed by atoms with E-state index in [1.165, 1.54) is 12.5 Å². The van der Waals surface area contributed by atoms with Crippen LogP contribution < -0.4 is 21.7 Å². The zero-order chi connectivity index (χ0) is 28.1. The summed E-state index contributed by atoms with van der Waals surface area (Å²) in [6.07, 6.45) is 1.64. The normalized spacial score (nSPS) is 14.9. The number of nitrogens with one attached hydrogen (secondary N) is 4. The fraction of sp³-hybridized carbons (Fsp3) is 0.591. The van der Waals surface area contributed by atoms with Gasteiger partial charge in [-0.25, -0.2) is 9.78 Å². The first-order valence-electron chi connectivity index (χ1n) is 11.7. The number of carboxylic acid groups (broad SMARTS) is 3. The van der Waals surface area contributed by atoms with Gasteiger partial charge >= 0.3 is 17.9 Å². The van der Waals surface area contributed by atoms with Crippen molar-refractivity contribution in [3.63, 3.8) is 0 Å². The summed E-state index contributed by atoms with van der Waals surface area (Å²) >= 11 is 0. The SMILES string of the molecule is CCC(C)C(NC(=O)C(N)Cc1cnc[nH]1)C(=O)NC(CCC(=O)O)C(=O)NC(CCC(=O)O)C(=O)O. The highest BCUT2D eigenvalue weighted by Gasteiger charge is 2.33. The van der Waals surface area contributed by atoms with Gasteiger partial charge in [0, 0.05) is 31.2 Å². The minimum atomic E-state index is -1.57. The van der Waals surface area contributed by atoms with Crippen LogP contribution in [0.5, 0.6) is 0 Å². The van der Waals surface area contributed by atoms with Gasteiger partial charge < -0.3 is 42.0 Å². The van der Waals surface area contributed by atoms with Crippen molar-refractivity contribution in [3.05, 3.63) is 18.2 Å². The molecule has 0 saturated carbocycles. The number of nitrogens with two attached hydrogens (primary N) is 1. The number of aromatic nitrogens is 2. The van der Waals surface area contributed by atoms with Crippen molar-refractivity contribution >= 4 is 35.6 Å². The lowest BCUT2D eigenvalue weighted by Crippen LogP contribution is -2.58. The molecule has 37 heavy (non-hydrogen) atoms. The number of carboxylic acids is 3. The van der Waals surface area contributed by atoms with Crippen LogP contribution in [0.1, 0.15) is 51.6 Å². The van der Waals surface area contributed by atoms with Gasteiger partial charge in [0.05, 0.1) is 12.4 Å². The van der Waals surface area contributed by atoms with E-state index in [0.29, 0.717) is 12.1 Å². The van der Waals surface area contributed by atoms with Crippen molar-refractivity contribution in [3.8, 4) is 0 Å². The van der Waals surface area contributed by atoms with E-state index < -0.39 is 85.0 Å². The molecule has 0 aliphatic rings. The maximum atomic E-state index is 13.1. The second-order valence-electron chi connectivity index (χ2n) is 8.58. The molecule has 0 saturated heterocycles. The van der Waals surface area contributed by atoms with Crippen LogP contribution in [0.3, 0.4) is 0 Å². The molecular formula is C22H34N6O9. The van der Waals surface area contributed by atoms with Crippen molar-refractivity contribution < 1.29 is 44.1 Å². The standard InChI is InChI=1S/C22H34N6O9/c1-3-11(2)18(28-19(33)13(23)8-12-9-24-10-25-12)21(35)26-14(4-6-16(29)30)20(34)27-15(22(36)37)5-7-17(31)32/h9-11,13-15,18H,3-8,23H2,1-2H3,(H,24,25)(H,26,35)(H,27,34)(H,28,33)(H,29,30)(H,31,32)(H,36,37). The molecule has 1 heterocycles.